The molecule has 0 saturated heterocycles. The van der Waals surface area contributed by atoms with Crippen molar-refractivity contribution in [2.24, 2.45) is 0 Å². The third-order valence-corrected chi connectivity index (χ3v) is 2.90. The molecule has 0 spiro atoms. The number of alkyl halides is 3. The van der Waals surface area contributed by atoms with Gasteiger partial charge in [-0.1, -0.05) is 0 Å². The summed E-state index contributed by atoms with van der Waals surface area (Å²) in [7, 11) is 0. The predicted molar refractivity (Wildman–Crippen MR) is 66.7 cm³/mol. The zero-order valence-corrected chi connectivity index (χ0v) is 11.4. The van der Waals surface area contributed by atoms with Crippen molar-refractivity contribution in [3.63, 3.8) is 0 Å². The summed E-state index contributed by atoms with van der Waals surface area (Å²) in [5.74, 6) is -0.436. The highest BCUT2D eigenvalue weighted by Crippen LogP contribution is 2.18. The molecule has 1 N–H and O–H groups in total. The maximum atomic E-state index is 13.7. The molecule has 116 valence electrons. The molecule has 2 aromatic rings. The van der Waals surface area contributed by atoms with Crippen LogP contribution in [-0.2, 0) is 26.2 Å². The second-order valence-electron chi connectivity index (χ2n) is 4.48. The van der Waals surface area contributed by atoms with E-state index in [-0.39, 0.29) is 13.1 Å². The molecule has 2 heterocycles. The Morgan fingerprint density at radius 1 is 1.19 bits per heavy atom. The van der Waals surface area contributed by atoms with E-state index in [9.17, 15) is 17.6 Å². The van der Waals surface area contributed by atoms with Crippen molar-refractivity contribution < 1.29 is 17.6 Å². The molecular weight excluding hydrogens is 290 g/mol. The molecule has 2 aromatic heterocycles. The summed E-state index contributed by atoms with van der Waals surface area (Å²) in [6.07, 6.45) is -1.62. The van der Waals surface area contributed by atoms with E-state index in [4.69, 9.17) is 0 Å². The van der Waals surface area contributed by atoms with Crippen LogP contribution in [0.15, 0.2) is 18.5 Å². The van der Waals surface area contributed by atoms with Crippen LogP contribution in [0.3, 0.4) is 0 Å². The first kappa shape index (κ1) is 15.5. The van der Waals surface area contributed by atoms with Crippen molar-refractivity contribution in [2.45, 2.75) is 39.3 Å². The molecule has 0 bridgehead atoms. The van der Waals surface area contributed by atoms with E-state index in [1.807, 2.05) is 0 Å². The Kier molecular flexibility index (Phi) is 4.61. The Hall–Kier alpha value is -1.90. The van der Waals surface area contributed by atoms with Crippen LogP contribution in [0.5, 0.6) is 0 Å². The van der Waals surface area contributed by atoms with Crippen LogP contribution in [0.2, 0.25) is 0 Å². The summed E-state index contributed by atoms with van der Waals surface area (Å²) in [5.41, 5.74) is 0.759. The third kappa shape index (κ3) is 4.03. The van der Waals surface area contributed by atoms with Crippen molar-refractivity contribution in [1.29, 1.82) is 0 Å². The minimum absolute atomic E-state index is 0.160. The molecule has 0 aliphatic carbocycles. The van der Waals surface area contributed by atoms with Gasteiger partial charge in [0, 0.05) is 31.4 Å². The van der Waals surface area contributed by atoms with Gasteiger partial charge in [-0.3, -0.25) is 4.68 Å². The highest BCUT2D eigenvalue weighted by Gasteiger charge is 2.29. The number of aryl methyl sites for hydroxylation is 1. The van der Waals surface area contributed by atoms with Gasteiger partial charge in [0.2, 0.25) is 5.95 Å². The van der Waals surface area contributed by atoms with Gasteiger partial charge in [-0.15, -0.1) is 0 Å². The Balaban J connectivity index is 1.92. The Bertz CT molecular complexity index is 587. The summed E-state index contributed by atoms with van der Waals surface area (Å²) < 4.78 is 52.8. The van der Waals surface area contributed by atoms with Gasteiger partial charge in [-0.25, -0.2) is 4.68 Å². The summed E-state index contributed by atoms with van der Waals surface area (Å²) in [5, 5.41) is 10.4. The number of nitrogens with one attached hydrogen (secondary N) is 1. The second kappa shape index (κ2) is 6.25. The van der Waals surface area contributed by atoms with E-state index in [2.05, 4.69) is 15.5 Å². The van der Waals surface area contributed by atoms with E-state index in [1.54, 1.807) is 6.92 Å². The van der Waals surface area contributed by atoms with E-state index < -0.39 is 18.7 Å². The first-order chi connectivity index (χ1) is 9.90. The SMILES string of the molecule is CCn1ncc(CNCc2ccnn2CC(F)(F)F)c1F. The summed E-state index contributed by atoms with van der Waals surface area (Å²) >= 11 is 0. The fraction of sp³-hybridized carbons (Fsp3) is 0.500. The quantitative estimate of drug-likeness (QED) is 0.831. The number of rotatable bonds is 6. The predicted octanol–water partition coefficient (Wildman–Crippen LogP) is 2.09. The smallest absolute Gasteiger partial charge is 0.307 e. The van der Waals surface area contributed by atoms with Crippen LogP contribution < -0.4 is 5.32 Å². The maximum absolute atomic E-state index is 13.7. The van der Waals surface area contributed by atoms with Crippen molar-refractivity contribution in [3.05, 3.63) is 35.7 Å². The molecule has 0 fully saturated rings. The molecule has 9 heteroatoms. The molecule has 0 unspecified atom stereocenters. The van der Waals surface area contributed by atoms with Gasteiger partial charge in [0.1, 0.15) is 6.54 Å². The van der Waals surface area contributed by atoms with Gasteiger partial charge < -0.3 is 5.32 Å². The lowest BCUT2D eigenvalue weighted by Gasteiger charge is -2.10. The zero-order valence-electron chi connectivity index (χ0n) is 11.4. The van der Waals surface area contributed by atoms with E-state index in [0.29, 0.717) is 17.8 Å². The van der Waals surface area contributed by atoms with Crippen molar-refractivity contribution in [1.82, 2.24) is 24.9 Å². The third-order valence-electron chi connectivity index (χ3n) is 2.90. The zero-order chi connectivity index (χ0) is 15.5. The van der Waals surface area contributed by atoms with Crippen LogP contribution in [0.25, 0.3) is 0 Å². The lowest BCUT2D eigenvalue weighted by Crippen LogP contribution is -2.23. The molecule has 0 saturated carbocycles. The Morgan fingerprint density at radius 3 is 2.57 bits per heavy atom. The van der Waals surface area contributed by atoms with Crippen LogP contribution in [0, 0.1) is 5.95 Å². The lowest BCUT2D eigenvalue weighted by molar-refractivity contribution is -0.143. The first-order valence-corrected chi connectivity index (χ1v) is 6.39. The molecule has 0 aliphatic rings. The molecular formula is C12H15F4N5. The Morgan fingerprint density at radius 2 is 1.95 bits per heavy atom. The first-order valence-electron chi connectivity index (χ1n) is 6.39. The molecule has 0 amide bonds. The van der Waals surface area contributed by atoms with Gasteiger partial charge in [0.15, 0.2) is 0 Å². The topological polar surface area (TPSA) is 47.7 Å². The van der Waals surface area contributed by atoms with E-state index >= 15 is 0 Å². The van der Waals surface area contributed by atoms with Gasteiger partial charge in [-0.05, 0) is 13.0 Å². The normalized spacial score (nSPS) is 12.0. The summed E-state index contributed by atoms with van der Waals surface area (Å²) in [4.78, 5) is 0. The standard InChI is InChI=1S/C12H15F4N5/c1-2-20-11(13)9(6-19-20)5-17-7-10-3-4-18-21(10)8-12(14,15)16/h3-4,6,17H,2,5,7-8H2,1H3. The average Bonchev–Trinajstić information content (AvgIpc) is 2.96. The van der Waals surface area contributed by atoms with Crippen LogP contribution in [0.1, 0.15) is 18.2 Å². The summed E-state index contributed by atoms with van der Waals surface area (Å²) in [6, 6.07) is 1.49. The minimum Gasteiger partial charge on any atom is -0.307 e. The summed E-state index contributed by atoms with van der Waals surface area (Å²) in [6.45, 7) is 1.39. The fourth-order valence-corrected chi connectivity index (χ4v) is 1.90. The molecule has 0 radical (unpaired) electrons. The number of halogens is 4. The van der Waals surface area contributed by atoms with E-state index in [1.165, 1.54) is 23.1 Å². The fourth-order valence-electron chi connectivity index (χ4n) is 1.90. The second-order valence-corrected chi connectivity index (χ2v) is 4.48. The largest absolute Gasteiger partial charge is 0.408 e. The molecule has 21 heavy (non-hydrogen) atoms. The molecule has 2 rings (SSSR count). The van der Waals surface area contributed by atoms with Crippen molar-refractivity contribution in [3.8, 4) is 0 Å². The van der Waals surface area contributed by atoms with Gasteiger partial charge in [0.25, 0.3) is 0 Å². The van der Waals surface area contributed by atoms with Gasteiger partial charge in [0.05, 0.1) is 11.9 Å². The number of aromatic nitrogens is 4. The lowest BCUT2D eigenvalue weighted by atomic mass is 10.3. The Labute approximate surface area is 118 Å². The van der Waals surface area contributed by atoms with Crippen LogP contribution in [-0.4, -0.2) is 25.7 Å². The molecule has 5 nitrogen and oxygen atoms in total. The molecule has 0 aliphatic heterocycles. The maximum Gasteiger partial charge on any atom is 0.408 e. The van der Waals surface area contributed by atoms with Gasteiger partial charge >= 0.3 is 6.18 Å². The highest BCUT2D eigenvalue weighted by molar-refractivity contribution is 5.07. The highest BCUT2D eigenvalue weighted by atomic mass is 19.4. The molecule has 0 aromatic carbocycles. The number of nitrogens with zero attached hydrogens (tertiary/aromatic N) is 4. The van der Waals surface area contributed by atoms with Crippen LogP contribution in [0.4, 0.5) is 17.6 Å². The minimum atomic E-state index is -4.32. The monoisotopic (exact) mass is 305 g/mol. The number of hydrogen-bond acceptors (Lipinski definition) is 3. The van der Waals surface area contributed by atoms with E-state index in [0.717, 1.165) is 4.68 Å². The van der Waals surface area contributed by atoms with Crippen molar-refractivity contribution >= 4 is 0 Å². The van der Waals surface area contributed by atoms with Gasteiger partial charge in [-0.2, -0.15) is 27.8 Å². The molecule has 0 atom stereocenters. The number of hydrogen-bond donors (Lipinski definition) is 1. The van der Waals surface area contributed by atoms with Crippen molar-refractivity contribution in [2.75, 3.05) is 0 Å². The average molecular weight is 305 g/mol. The van der Waals surface area contributed by atoms with Crippen LogP contribution >= 0.6 is 0 Å².